The van der Waals surface area contributed by atoms with Crippen molar-refractivity contribution >= 4 is 5.57 Å². The van der Waals surface area contributed by atoms with Crippen molar-refractivity contribution in [3.05, 3.63) is 72.1 Å². The first-order valence-electron chi connectivity index (χ1n) is 10.3. The summed E-state index contributed by atoms with van der Waals surface area (Å²) in [5.74, 6) is 0.737. The number of aromatic nitrogens is 1. The van der Waals surface area contributed by atoms with Crippen molar-refractivity contribution in [3.8, 4) is 0 Å². The molecule has 0 spiro atoms. The second kappa shape index (κ2) is 8.37. The predicted molar refractivity (Wildman–Crippen MR) is 110 cm³/mol. The number of rotatable bonds is 5. The Kier molecular flexibility index (Phi) is 5.70. The highest BCUT2D eigenvalue weighted by atomic mass is 16.3. The van der Waals surface area contributed by atoms with E-state index in [-0.39, 0.29) is 0 Å². The fourth-order valence-corrected chi connectivity index (χ4v) is 4.56. The van der Waals surface area contributed by atoms with Crippen LogP contribution in [0.25, 0.3) is 5.57 Å². The first kappa shape index (κ1) is 18.4. The third kappa shape index (κ3) is 4.48. The van der Waals surface area contributed by atoms with Gasteiger partial charge in [0.05, 0.1) is 5.60 Å². The lowest BCUT2D eigenvalue weighted by atomic mass is 9.74. The molecule has 2 heterocycles. The molecule has 0 unspecified atom stereocenters. The molecule has 1 saturated carbocycles. The van der Waals surface area contributed by atoms with Crippen LogP contribution in [0.4, 0.5) is 0 Å². The average molecular weight is 363 g/mol. The maximum absolute atomic E-state index is 11.0. The number of benzene rings is 1. The smallest absolute Gasteiger partial charge is 0.0911 e. The Bertz CT molecular complexity index is 748. The number of hydrogen-bond acceptors (Lipinski definition) is 3. The van der Waals surface area contributed by atoms with Gasteiger partial charge in [-0.05, 0) is 68.2 Å². The third-order valence-corrected chi connectivity index (χ3v) is 6.42. The standard InChI is InChI=1S/C24H30N2O/c27-24(23-7-4-15-25-19-23)13-8-20(9-14-24)10-16-26-17-11-22(12-18-26)21-5-2-1-3-6-21/h1-7,11,15,19-20,27H,8-10,12-14,16-18H2/t20-,24-. The maximum atomic E-state index is 11.0. The topological polar surface area (TPSA) is 36.4 Å². The predicted octanol–water partition coefficient (Wildman–Crippen LogP) is 4.64. The molecule has 1 aliphatic heterocycles. The number of pyridine rings is 1. The molecular formula is C24H30N2O. The van der Waals surface area contributed by atoms with Gasteiger partial charge in [0, 0.05) is 31.0 Å². The summed E-state index contributed by atoms with van der Waals surface area (Å²) >= 11 is 0. The molecule has 1 aromatic carbocycles. The second-order valence-electron chi connectivity index (χ2n) is 8.15. The van der Waals surface area contributed by atoms with Crippen molar-refractivity contribution < 1.29 is 5.11 Å². The van der Waals surface area contributed by atoms with Crippen molar-refractivity contribution in [2.45, 2.75) is 44.1 Å². The normalized spacial score (nSPS) is 26.6. The number of aliphatic hydroxyl groups is 1. The minimum Gasteiger partial charge on any atom is -0.385 e. The van der Waals surface area contributed by atoms with Crippen LogP contribution in [0.5, 0.6) is 0 Å². The summed E-state index contributed by atoms with van der Waals surface area (Å²) in [6, 6.07) is 14.7. The van der Waals surface area contributed by atoms with Crippen molar-refractivity contribution in [1.29, 1.82) is 0 Å². The van der Waals surface area contributed by atoms with Gasteiger partial charge in [-0.25, -0.2) is 0 Å². The highest BCUT2D eigenvalue weighted by Crippen LogP contribution is 2.40. The zero-order valence-corrected chi connectivity index (χ0v) is 16.1. The fourth-order valence-electron chi connectivity index (χ4n) is 4.56. The molecule has 1 aliphatic carbocycles. The summed E-state index contributed by atoms with van der Waals surface area (Å²) in [5, 5.41) is 11.0. The van der Waals surface area contributed by atoms with Gasteiger partial charge >= 0.3 is 0 Å². The zero-order chi connectivity index (χ0) is 18.5. The summed E-state index contributed by atoms with van der Waals surface area (Å²) < 4.78 is 0. The van der Waals surface area contributed by atoms with Gasteiger partial charge in [-0.15, -0.1) is 0 Å². The first-order chi connectivity index (χ1) is 13.2. The molecule has 1 fully saturated rings. The molecule has 3 heteroatoms. The molecule has 0 bridgehead atoms. The molecule has 2 aliphatic rings. The SMILES string of the molecule is O[C@]1(c2cccnc2)CC[C@@H](CCN2CC=C(c3ccccc3)CC2)CC1. The van der Waals surface area contributed by atoms with E-state index in [1.54, 1.807) is 6.20 Å². The molecule has 4 rings (SSSR count). The Morgan fingerprint density at radius 1 is 1.07 bits per heavy atom. The molecular weight excluding hydrogens is 332 g/mol. The van der Waals surface area contributed by atoms with Crippen LogP contribution < -0.4 is 0 Å². The number of nitrogens with zero attached hydrogens (tertiary/aromatic N) is 2. The Labute approximate surface area is 162 Å². The maximum Gasteiger partial charge on any atom is 0.0911 e. The quantitative estimate of drug-likeness (QED) is 0.842. The highest BCUT2D eigenvalue weighted by Gasteiger charge is 2.34. The molecule has 2 aromatic rings. The molecule has 0 amide bonds. The monoisotopic (exact) mass is 362 g/mol. The summed E-state index contributed by atoms with van der Waals surface area (Å²) in [7, 11) is 0. The van der Waals surface area contributed by atoms with E-state index in [4.69, 9.17) is 0 Å². The average Bonchev–Trinajstić information content (AvgIpc) is 2.75. The summed E-state index contributed by atoms with van der Waals surface area (Å²) in [6.07, 6.45) is 12.4. The van der Waals surface area contributed by atoms with E-state index in [1.807, 2.05) is 18.3 Å². The summed E-state index contributed by atoms with van der Waals surface area (Å²) in [4.78, 5) is 6.76. The molecule has 1 aromatic heterocycles. The largest absolute Gasteiger partial charge is 0.385 e. The zero-order valence-electron chi connectivity index (χ0n) is 16.1. The van der Waals surface area contributed by atoms with E-state index in [0.29, 0.717) is 0 Å². The second-order valence-corrected chi connectivity index (χ2v) is 8.15. The third-order valence-electron chi connectivity index (χ3n) is 6.42. The van der Waals surface area contributed by atoms with E-state index in [1.165, 1.54) is 24.1 Å². The van der Waals surface area contributed by atoms with Crippen molar-refractivity contribution in [2.24, 2.45) is 5.92 Å². The van der Waals surface area contributed by atoms with Crippen LogP contribution in [-0.2, 0) is 5.60 Å². The van der Waals surface area contributed by atoms with E-state index < -0.39 is 5.60 Å². The first-order valence-corrected chi connectivity index (χ1v) is 10.3. The van der Waals surface area contributed by atoms with Crippen LogP contribution in [0.3, 0.4) is 0 Å². The molecule has 3 nitrogen and oxygen atoms in total. The van der Waals surface area contributed by atoms with Gasteiger partial charge in [-0.2, -0.15) is 0 Å². The molecule has 142 valence electrons. The van der Waals surface area contributed by atoms with Crippen LogP contribution >= 0.6 is 0 Å². The van der Waals surface area contributed by atoms with Crippen LogP contribution in [0, 0.1) is 5.92 Å². The van der Waals surface area contributed by atoms with Gasteiger partial charge in [0.1, 0.15) is 0 Å². The number of hydrogen-bond donors (Lipinski definition) is 1. The van der Waals surface area contributed by atoms with E-state index in [0.717, 1.165) is 56.7 Å². The lowest BCUT2D eigenvalue weighted by molar-refractivity contribution is -0.0163. The van der Waals surface area contributed by atoms with E-state index in [9.17, 15) is 5.11 Å². The Morgan fingerprint density at radius 2 is 1.89 bits per heavy atom. The van der Waals surface area contributed by atoms with Gasteiger partial charge < -0.3 is 5.11 Å². The minimum absolute atomic E-state index is 0.663. The molecule has 1 N–H and O–H groups in total. The van der Waals surface area contributed by atoms with E-state index in [2.05, 4.69) is 46.3 Å². The van der Waals surface area contributed by atoms with Crippen LogP contribution in [0.2, 0.25) is 0 Å². The Morgan fingerprint density at radius 3 is 2.56 bits per heavy atom. The highest BCUT2D eigenvalue weighted by molar-refractivity contribution is 5.66. The minimum atomic E-state index is -0.663. The van der Waals surface area contributed by atoms with Crippen molar-refractivity contribution in [1.82, 2.24) is 9.88 Å². The fraction of sp³-hybridized carbons (Fsp3) is 0.458. The van der Waals surface area contributed by atoms with Gasteiger partial charge in [-0.3, -0.25) is 9.88 Å². The Hall–Kier alpha value is -1.97. The Balaban J connectivity index is 1.24. The molecule has 0 atom stereocenters. The summed E-state index contributed by atoms with van der Waals surface area (Å²) in [5.41, 5.74) is 3.19. The molecule has 27 heavy (non-hydrogen) atoms. The van der Waals surface area contributed by atoms with Gasteiger partial charge in [-0.1, -0.05) is 42.5 Å². The molecule has 0 saturated heterocycles. The van der Waals surface area contributed by atoms with Crippen LogP contribution in [-0.4, -0.2) is 34.6 Å². The lowest BCUT2D eigenvalue weighted by Crippen LogP contribution is -2.34. The van der Waals surface area contributed by atoms with Gasteiger partial charge in [0.15, 0.2) is 0 Å². The van der Waals surface area contributed by atoms with Crippen LogP contribution in [0.15, 0.2) is 60.9 Å². The van der Waals surface area contributed by atoms with Gasteiger partial charge in [0.2, 0.25) is 0 Å². The van der Waals surface area contributed by atoms with Gasteiger partial charge in [0.25, 0.3) is 0 Å². The lowest BCUT2D eigenvalue weighted by Gasteiger charge is -2.37. The summed E-state index contributed by atoms with van der Waals surface area (Å²) in [6.45, 7) is 3.40. The van der Waals surface area contributed by atoms with Crippen molar-refractivity contribution in [2.75, 3.05) is 19.6 Å². The van der Waals surface area contributed by atoms with Crippen LogP contribution in [0.1, 0.15) is 49.7 Å². The van der Waals surface area contributed by atoms with Crippen molar-refractivity contribution in [3.63, 3.8) is 0 Å². The van der Waals surface area contributed by atoms with E-state index >= 15 is 0 Å². The molecule has 0 radical (unpaired) electrons.